The Kier molecular flexibility index (Phi) is 6.32. The second-order valence-corrected chi connectivity index (χ2v) is 9.70. The lowest BCUT2D eigenvalue weighted by Gasteiger charge is -2.21. The van der Waals surface area contributed by atoms with Gasteiger partial charge in [0, 0.05) is 12.6 Å². The smallest absolute Gasteiger partial charge is 0.280 e. The highest BCUT2D eigenvalue weighted by molar-refractivity contribution is 9.10. The number of rotatable bonds is 7. The maximum Gasteiger partial charge on any atom is 0.280 e. The maximum absolute atomic E-state index is 14.2. The summed E-state index contributed by atoms with van der Waals surface area (Å²) in [7, 11) is 0. The zero-order valence-corrected chi connectivity index (χ0v) is 21.2. The Morgan fingerprint density at radius 2 is 1.83 bits per heavy atom. The van der Waals surface area contributed by atoms with Gasteiger partial charge >= 0.3 is 0 Å². The third kappa shape index (κ3) is 4.43. The number of aromatic hydroxyl groups is 1. The van der Waals surface area contributed by atoms with Crippen LogP contribution in [0.5, 0.6) is 5.88 Å². The van der Waals surface area contributed by atoms with Gasteiger partial charge in [-0.3, -0.25) is 14.0 Å². The molecule has 8 heteroatoms. The van der Waals surface area contributed by atoms with E-state index in [1.54, 1.807) is 16.7 Å². The van der Waals surface area contributed by atoms with Crippen LogP contribution in [0.3, 0.4) is 0 Å². The van der Waals surface area contributed by atoms with Crippen LogP contribution in [0.25, 0.3) is 17.2 Å². The van der Waals surface area contributed by atoms with E-state index in [1.807, 2.05) is 35.1 Å². The molecule has 0 spiro atoms. The minimum atomic E-state index is -0.551. The summed E-state index contributed by atoms with van der Waals surface area (Å²) in [5, 5.41) is 16.3. The predicted octanol–water partition coefficient (Wildman–Crippen LogP) is 5.75. The molecule has 1 N–H and O–H groups in total. The van der Waals surface area contributed by atoms with E-state index in [-0.39, 0.29) is 17.9 Å². The van der Waals surface area contributed by atoms with Crippen LogP contribution in [0.15, 0.2) is 57.9 Å². The van der Waals surface area contributed by atoms with Crippen LogP contribution in [0.4, 0.5) is 4.39 Å². The zero-order valence-electron chi connectivity index (χ0n) is 19.6. The lowest BCUT2D eigenvalue weighted by atomic mass is 10.0. The fourth-order valence-corrected chi connectivity index (χ4v) is 4.69. The fraction of sp³-hybridized carbons (Fsp3) is 0.296. The molecule has 35 heavy (non-hydrogen) atoms. The van der Waals surface area contributed by atoms with Crippen molar-refractivity contribution in [2.75, 3.05) is 0 Å². The number of aromatic nitrogens is 4. The highest BCUT2D eigenvalue weighted by Crippen LogP contribution is 2.36. The lowest BCUT2D eigenvalue weighted by Crippen LogP contribution is -2.21. The van der Waals surface area contributed by atoms with Crippen molar-refractivity contribution in [2.24, 2.45) is 0 Å². The van der Waals surface area contributed by atoms with Gasteiger partial charge in [-0.1, -0.05) is 38.1 Å². The van der Waals surface area contributed by atoms with Crippen molar-refractivity contribution in [3.8, 4) is 23.1 Å². The fourth-order valence-electron chi connectivity index (χ4n) is 4.44. The van der Waals surface area contributed by atoms with Crippen molar-refractivity contribution in [1.82, 2.24) is 19.3 Å². The minimum absolute atomic E-state index is 0.0500. The van der Waals surface area contributed by atoms with Gasteiger partial charge in [-0.2, -0.15) is 10.1 Å². The van der Waals surface area contributed by atoms with E-state index in [1.165, 1.54) is 6.07 Å². The Bertz CT molecular complexity index is 1450. The van der Waals surface area contributed by atoms with Gasteiger partial charge in [0.1, 0.15) is 11.5 Å². The first kappa shape index (κ1) is 23.5. The number of aryl methyl sites for hydroxylation is 2. The van der Waals surface area contributed by atoms with E-state index < -0.39 is 11.4 Å². The summed E-state index contributed by atoms with van der Waals surface area (Å²) in [5.41, 5.74) is 3.51. The summed E-state index contributed by atoms with van der Waals surface area (Å²) < 4.78 is 18.1. The van der Waals surface area contributed by atoms with Crippen molar-refractivity contribution >= 4 is 15.9 Å². The van der Waals surface area contributed by atoms with Crippen LogP contribution in [0.2, 0.25) is 0 Å². The highest BCUT2D eigenvalue weighted by Gasteiger charge is 2.27. The van der Waals surface area contributed by atoms with Crippen molar-refractivity contribution in [3.05, 3.63) is 91.6 Å². The van der Waals surface area contributed by atoms with Crippen LogP contribution >= 0.6 is 15.9 Å². The number of para-hydroxylation sites is 1. The van der Waals surface area contributed by atoms with Gasteiger partial charge in [0.15, 0.2) is 5.82 Å². The van der Waals surface area contributed by atoms with E-state index in [9.17, 15) is 14.3 Å². The topological polar surface area (TPSA) is 72.9 Å². The first-order valence-corrected chi connectivity index (χ1v) is 12.7. The number of hydrogen-bond acceptors (Lipinski definition) is 4. The first-order chi connectivity index (χ1) is 16.9. The molecule has 0 unspecified atom stereocenters. The molecular weight excluding hydrogens is 511 g/mol. The summed E-state index contributed by atoms with van der Waals surface area (Å²) in [4.78, 5) is 17.6. The monoisotopic (exact) mass is 536 g/mol. The van der Waals surface area contributed by atoms with Crippen LogP contribution in [0, 0.1) is 5.82 Å². The van der Waals surface area contributed by atoms with E-state index in [2.05, 4.69) is 39.9 Å². The molecule has 0 amide bonds. The Hall–Kier alpha value is -3.26. The van der Waals surface area contributed by atoms with Crippen molar-refractivity contribution in [3.63, 3.8) is 0 Å². The van der Waals surface area contributed by atoms with Gasteiger partial charge in [0.2, 0.25) is 5.88 Å². The Labute approximate surface area is 211 Å². The molecular formula is C27H26BrFN4O2. The summed E-state index contributed by atoms with van der Waals surface area (Å²) in [6, 6.07) is 12.9. The molecule has 0 aliphatic heterocycles. The summed E-state index contributed by atoms with van der Waals surface area (Å²) in [6.45, 7) is 4.11. The number of nitrogens with zero attached hydrogens (tertiary/aromatic N) is 4. The normalized spacial score (nSPS) is 13.4. The molecule has 4 aromatic rings. The van der Waals surface area contributed by atoms with Crippen LogP contribution in [-0.2, 0) is 19.3 Å². The lowest BCUT2D eigenvalue weighted by molar-refractivity contribution is 0.428. The molecule has 1 saturated carbocycles. The van der Waals surface area contributed by atoms with Gasteiger partial charge in [0.25, 0.3) is 5.56 Å². The molecule has 1 aliphatic carbocycles. The predicted molar refractivity (Wildman–Crippen MR) is 137 cm³/mol. The molecule has 0 saturated heterocycles. The SMILES string of the molecule is CCc1cccc(CC)c1-n1c(-c2ccn(C3CC3)n2)nc(=O)c(Cc2ccc(Br)c(F)c2)c1O. The zero-order chi connectivity index (χ0) is 24.7. The maximum atomic E-state index is 14.2. The van der Waals surface area contributed by atoms with Gasteiger partial charge < -0.3 is 5.11 Å². The second-order valence-electron chi connectivity index (χ2n) is 8.85. The van der Waals surface area contributed by atoms with Crippen LogP contribution in [-0.4, -0.2) is 24.4 Å². The summed E-state index contributed by atoms with van der Waals surface area (Å²) in [5.74, 6) is -0.324. The molecule has 180 valence electrons. The van der Waals surface area contributed by atoms with Crippen LogP contribution in [0.1, 0.15) is 55.0 Å². The largest absolute Gasteiger partial charge is 0.494 e. The Morgan fingerprint density at radius 3 is 2.46 bits per heavy atom. The quantitative estimate of drug-likeness (QED) is 0.326. The van der Waals surface area contributed by atoms with E-state index >= 15 is 0 Å². The van der Waals surface area contributed by atoms with Crippen molar-refractivity contribution in [2.45, 2.75) is 52.0 Å². The van der Waals surface area contributed by atoms with Gasteiger partial charge in [0.05, 0.1) is 21.8 Å². The highest BCUT2D eigenvalue weighted by atomic mass is 79.9. The number of hydrogen-bond donors (Lipinski definition) is 1. The second kappa shape index (κ2) is 9.41. The average Bonchev–Trinajstić information content (AvgIpc) is 3.59. The van der Waals surface area contributed by atoms with E-state index in [4.69, 9.17) is 0 Å². The number of benzene rings is 2. The Morgan fingerprint density at radius 1 is 1.11 bits per heavy atom. The molecule has 2 aromatic heterocycles. The van der Waals surface area contributed by atoms with E-state index in [0.717, 1.165) is 42.5 Å². The van der Waals surface area contributed by atoms with E-state index in [0.29, 0.717) is 27.6 Å². The summed E-state index contributed by atoms with van der Waals surface area (Å²) in [6.07, 6.45) is 5.57. The van der Waals surface area contributed by atoms with Crippen molar-refractivity contribution < 1.29 is 9.50 Å². The standard InChI is InChI=1S/C27H26BrFN4O2/c1-3-17-6-5-7-18(4-2)24(17)33-25(23-12-13-32(31-23)19-9-10-19)30-26(34)20(27(33)35)14-16-8-11-21(28)22(29)15-16/h5-8,11-13,15,19,35H,3-4,9-10,14H2,1-2H3. The van der Waals surface area contributed by atoms with Gasteiger partial charge in [-0.25, -0.2) is 4.39 Å². The third-order valence-corrected chi connectivity index (χ3v) is 7.11. The molecule has 1 fully saturated rings. The molecule has 2 aromatic carbocycles. The minimum Gasteiger partial charge on any atom is -0.494 e. The Balaban J connectivity index is 1.75. The third-order valence-electron chi connectivity index (χ3n) is 6.47. The van der Waals surface area contributed by atoms with Gasteiger partial charge in [-0.05, 0) is 76.5 Å². The molecule has 0 radical (unpaired) electrons. The van der Waals surface area contributed by atoms with Crippen LogP contribution < -0.4 is 5.56 Å². The molecule has 1 aliphatic rings. The molecule has 0 bridgehead atoms. The number of halogens is 2. The average molecular weight is 537 g/mol. The molecule has 2 heterocycles. The first-order valence-electron chi connectivity index (χ1n) is 11.9. The molecule has 5 rings (SSSR count). The summed E-state index contributed by atoms with van der Waals surface area (Å²) >= 11 is 3.16. The van der Waals surface area contributed by atoms with Gasteiger partial charge in [-0.15, -0.1) is 0 Å². The van der Waals surface area contributed by atoms with Crippen molar-refractivity contribution in [1.29, 1.82) is 0 Å². The molecule has 0 atom stereocenters. The molecule has 6 nitrogen and oxygen atoms in total.